The molecule has 1 aromatic rings. The first-order chi connectivity index (χ1) is 7.36. The lowest BCUT2D eigenvalue weighted by molar-refractivity contribution is 0.446. The van der Waals surface area contributed by atoms with Crippen LogP contribution < -0.4 is 0 Å². The summed E-state index contributed by atoms with van der Waals surface area (Å²) >= 11 is 5.79. The number of rotatable bonds is 3. The Labute approximate surface area is 105 Å². The quantitative estimate of drug-likeness (QED) is 0.540. The van der Waals surface area contributed by atoms with Crippen LogP contribution in [0.4, 0.5) is 0 Å². The minimum Gasteiger partial charge on any atom is -0.149 e. The summed E-state index contributed by atoms with van der Waals surface area (Å²) in [6.07, 6.45) is 9.88. The molecule has 0 saturated heterocycles. The van der Waals surface area contributed by atoms with Crippen molar-refractivity contribution in [2.24, 2.45) is 5.92 Å². The number of alkyl halides is 1. The molecule has 1 unspecified atom stereocenters. The number of hydrogen-bond acceptors (Lipinski definition) is 1. The van der Waals surface area contributed by atoms with Crippen molar-refractivity contribution in [1.29, 1.82) is 0 Å². The third-order valence-corrected chi connectivity index (χ3v) is 5.36. The van der Waals surface area contributed by atoms with Crippen molar-refractivity contribution in [3.8, 4) is 0 Å². The molecular formula is C13H19BrS. The molecule has 2 heteroatoms. The molecule has 1 aromatic heterocycles. The van der Waals surface area contributed by atoms with E-state index in [-0.39, 0.29) is 0 Å². The third-order valence-electron chi connectivity index (χ3n) is 3.39. The minimum absolute atomic E-state index is 0.703. The first-order valence-corrected chi connectivity index (χ1v) is 7.82. The molecule has 1 aliphatic rings. The van der Waals surface area contributed by atoms with Gasteiger partial charge in [-0.3, -0.25) is 0 Å². The summed E-state index contributed by atoms with van der Waals surface area (Å²) in [6.45, 7) is 0. The molecule has 0 N–H and O–H groups in total. The van der Waals surface area contributed by atoms with Crippen molar-refractivity contribution in [1.82, 2.24) is 0 Å². The van der Waals surface area contributed by atoms with Gasteiger partial charge in [-0.15, -0.1) is 11.3 Å². The number of hydrogen-bond donors (Lipinski definition) is 0. The van der Waals surface area contributed by atoms with Crippen molar-refractivity contribution >= 4 is 27.3 Å². The van der Waals surface area contributed by atoms with E-state index >= 15 is 0 Å². The molecule has 15 heavy (non-hydrogen) atoms. The van der Waals surface area contributed by atoms with Gasteiger partial charge in [0.2, 0.25) is 0 Å². The van der Waals surface area contributed by atoms with Gasteiger partial charge in [-0.25, -0.2) is 0 Å². The zero-order valence-electron chi connectivity index (χ0n) is 9.12. The van der Waals surface area contributed by atoms with Crippen molar-refractivity contribution < 1.29 is 0 Å². The van der Waals surface area contributed by atoms with Crippen LogP contribution in [0.5, 0.6) is 0 Å². The van der Waals surface area contributed by atoms with Gasteiger partial charge in [0.05, 0.1) is 0 Å². The van der Waals surface area contributed by atoms with Gasteiger partial charge in [0.15, 0.2) is 0 Å². The smallest absolute Gasteiger partial charge is 0.0222 e. The Morgan fingerprint density at radius 1 is 1.27 bits per heavy atom. The van der Waals surface area contributed by atoms with Gasteiger partial charge in [0.1, 0.15) is 0 Å². The van der Waals surface area contributed by atoms with Crippen molar-refractivity contribution in [2.45, 2.75) is 49.8 Å². The summed E-state index contributed by atoms with van der Waals surface area (Å²) in [7, 11) is 0. The molecule has 1 fully saturated rings. The average Bonchev–Trinajstić information content (AvgIpc) is 2.58. The molecular weight excluding hydrogens is 268 g/mol. The fraction of sp³-hybridized carbons (Fsp3) is 0.692. The fourth-order valence-corrected chi connectivity index (χ4v) is 4.32. The van der Waals surface area contributed by atoms with Gasteiger partial charge in [-0.1, -0.05) is 47.7 Å². The summed E-state index contributed by atoms with van der Waals surface area (Å²) < 4.78 is 0. The maximum Gasteiger partial charge on any atom is 0.0222 e. The SMILES string of the molecule is BrC(Cc1cccs1)C1CCCCCC1. The number of thiophene rings is 1. The molecule has 0 aliphatic heterocycles. The summed E-state index contributed by atoms with van der Waals surface area (Å²) in [5, 5.41) is 2.18. The van der Waals surface area contributed by atoms with E-state index in [1.54, 1.807) is 0 Å². The van der Waals surface area contributed by atoms with Crippen LogP contribution in [0.1, 0.15) is 43.4 Å². The monoisotopic (exact) mass is 286 g/mol. The third kappa shape index (κ3) is 3.60. The van der Waals surface area contributed by atoms with Crippen LogP contribution in [-0.4, -0.2) is 4.83 Å². The summed E-state index contributed by atoms with van der Waals surface area (Å²) in [5.41, 5.74) is 0. The van der Waals surface area contributed by atoms with E-state index in [4.69, 9.17) is 0 Å². The maximum absolute atomic E-state index is 3.90. The van der Waals surface area contributed by atoms with E-state index in [9.17, 15) is 0 Å². The molecule has 1 saturated carbocycles. The van der Waals surface area contributed by atoms with Gasteiger partial charge in [-0.05, 0) is 36.6 Å². The molecule has 1 aliphatic carbocycles. The second-order valence-corrected chi connectivity index (χ2v) is 6.76. The predicted molar refractivity (Wildman–Crippen MR) is 71.9 cm³/mol. The van der Waals surface area contributed by atoms with Gasteiger partial charge < -0.3 is 0 Å². The van der Waals surface area contributed by atoms with Gasteiger partial charge in [-0.2, -0.15) is 0 Å². The second kappa shape index (κ2) is 6.05. The van der Waals surface area contributed by atoms with Crippen molar-refractivity contribution in [3.63, 3.8) is 0 Å². The second-order valence-electron chi connectivity index (χ2n) is 4.55. The van der Waals surface area contributed by atoms with E-state index in [0.717, 1.165) is 5.92 Å². The maximum atomic E-state index is 3.90. The Bertz CT molecular complexity index is 260. The highest BCUT2D eigenvalue weighted by molar-refractivity contribution is 9.09. The molecule has 0 nitrogen and oxygen atoms in total. The van der Waals surface area contributed by atoms with Crippen LogP contribution in [0.25, 0.3) is 0 Å². The Kier molecular flexibility index (Phi) is 4.70. The summed E-state index contributed by atoms with van der Waals surface area (Å²) in [5.74, 6) is 0.912. The molecule has 1 heterocycles. The van der Waals surface area contributed by atoms with E-state index < -0.39 is 0 Å². The lowest BCUT2D eigenvalue weighted by Crippen LogP contribution is -2.15. The molecule has 2 rings (SSSR count). The highest BCUT2D eigenvalue weighted by atomic mass is 79.9. The zero-order valence-corrected chi connectivity index (χ0v) is 11.5. The predicted octanol–water partition coefficient (Wildman–Crippen LogP) is 5.02. The lowest BCUT2D eigenvalue weighted by atomic mass is 9.94. The Hall–Kier alpha value is 0.180. The van der Waals surface area contributed by atoms with Crippen LogP contribution in [0.2, 0.25) is 0 Å². The normalized spacial score (nSPS) is 21.1. The first-order valence-electron chi connectivity index (χ1n) is 6.03. The highest BCUT2D eigenvalue weighted by Gasteiger charge is 2.20. The van der Waals surface area contributed by atoms with Crippen LogP contribution in [-0.2, 0) is 6.42 Å². The summed E-state index contributed by atoms with van der Waals surface area (Å²) in [4.78, 5) is 2.23. The molecule has 84 valence electrons. The first kappa shape index (κ1) is 11.7. The lowest BCUT2D eigenvalue weighted by Gasteiger charge is -2.20. The molecule has 0 amide bonds. The Morgan fingerprint density at radius 2 is 2.00 bits per heavy atom. The van der Waals surface area contributed by atoms with Crippen molar-refractivity contribution in [2.75, 3.05) is 0 Å². The van der Waals surface area contributed by atoms with Crippen LogP contribution in [0, 0.1) is 5.92 Å². The standard InChI is InChI=1S/C13H19BrS/c14-13(10-12-8-5-9-15-12)11-6-3-1-2-4-7-11/h5,8-9,11,13H,1-4,6-7,10H2. The van der Waals surface area contributed by atoms with Crippen LogP contribution >= 0.6 is 27.3 Å². The molecule has 0 spiro atoms. The minimum atomic E-state index is 0.703. The highest BCUT2D eigenvalue weighted by Crippen LogP contribution is 2.31. The van der Waals surface area contributed by atoms with Gasteiger partial charge in [0, 0.05) is 9.70 Å². The van der Waals surface area contributed by atoms with E-state index in [1.165, 1.54) is 49.8 Å². The largest absolute Gasteiger partial charge is 0.149 e. The van der Waals surface area contributed by atoms with E-state index in [2.05, 4.69) is 33.4 Å². The molecule has 0 radical (unpaired) electrons. The zero-order chi connectivity index (χ0) is 10.5. The van der Waals surface area contributed by atoms with Crippen LogP contribution in [0.15, 0.2) is 17.5 Å². The topological polar surface area (TPSA) is 0 Å². The van der Waals surface area contributed by atoms with Crippen molar-refractivity contribution in [3.05, 3.63) is 22.4 Å². The average molecular weight is 287 g/mol. The molecule has 0 bridgehead atoms. The molecule has 1 atom stereocenters. The Balaban J connectivity index is 1.86. The van der Waals surface area contributed by atoms with Crippen LogP contribution in [0.3, 0.4) is 0 Å². The fourth-order valence-electron chi connectivity index (χ4n) is 2.46. The van der Waals surface area contributed by atoms with Gasteiger partial charge in [0.25, 0.3) is 0 Å². The molecule has 0 aromatic carbocycles. The Morgan fingerprint density at radius 3 is 2.60 bits per heavy atom. The number of halogens is 1. The van der Waals surface area contributed by atoms with E-state index in [0.29, 0.717) is 4.83 Å². The van der Waals surface area contributed by atoms with Gasteiger partial charge >= 0.3 is 0 Å². The van der Waals surface area contributed by atoms with E-state index in [1.807, 2.05) is 11.3 Å². The summed E-state index contributed by atoms with van der Waals surface area (Å²) in [6, 6.07) is 4.42.